The second-order valence-electron chi connectivity index (χ2n) is 6.02. The Balaban J connectivity index is 1.88. The molecule has 1 aromatic rings. The lowest BCUT2D eigenvalue weighted by Gasteiger charge is -2.29. The summed E-state index contributed by atoms with van der Waals surface area (Å²) >= 11 is 0. The van der Waals surface area contributed by atoms with Crippen LogP contribution in [-0.2, 0) is 17.6 Å². The lowest BCUT2D eigenvalue weighted by Crippen LogP contribution is -2.52. The van der Waals surface area contributed by atoms with E-state index in [1.54, 1.807) is 20.8 Å². The van der Waals surface area contributed by atoms with E-state index in [4.69, 9.17) is 4.74 Å². The van der Waals surface area contributed by atoms with E-state index in [1.807, 2.05) is 12.1 Å². The van der Waals surface area contributed by atoms with Crippen LogP contribution in [0.1, 0.15) is 38.3 Å². The lowest BCUT2D eigenvalue weighted by atomic mass is 9.99. The average molecular weight is 277 g/mol. The van der Waals surface area contributed by atoms with Crippen molar-refractivity contribution in [1.82, 2.24) is 5.32 Å². The number of benzene rings is 1. The molecule has 4 nitrogen and oxygen atoms in total. The number of hydrogen-bond acceptors (Lipinski definition) is 3. The number of hydrogen-bond donors (Lipinski definition) is 2. The Hall–Kier alpha value is -1.55. The van der Waals surface area contributed by atoms with Gasteiger partial charge in [-0.15, -0.1) is 0 Å². The van der Waals surface area contributed by atoms with E-state index < -0.39 is 11.6 Å². The van der Waals surface area contributed by atoms with Crippen LogP contribution in [0.15, 0.2) is 18.2 Å². The first-order valence-corrected chi connectivity index (χ1v) is 7.12. The Labute approximate surface area is 120 Å². The summed E-state index contributed by atoms with van der Waals surface area (Å²) in [5.41, 5.74) is 2.06. The van der Waals surface area contributed by atoms with Gasteiger partial charge in [0, 0.05) is 0 Å². The summed E-state index contributed by atoms with van der Waals surface area (Å²) in [6, 6.07) is 6.02. The van der Waals surface area contributed by atoms with Gasteiger partial charge in [-0.25, -0.2) is 0 Å². The van der Waals surface area contributed by atoms with E-state index in [-0.39, 0.29) is 12.5 Å². The number of nitrogens with one attached hydrogen (secondary N) is 1. The van der Waals surface area contributed by atoms with Gasteiger partial charge in [0.15, 0.2) is 6.61 Å². The van der Waals surface area contributed by atoms with Crippen LogP contribution in [0, 0.1) is 0 Å². The molecule has 1 unspecified atom stereocenters. The van der Waals surface area contributed by atoms with Crippen molar-refractivity contribution < 1.29 is 14.6 Å². The monoisotopic (exact) mass is 277 g/mol. The molecule has 0 fully saturated rings. The summed E-state index contributed by atoms with van der Waals surface area (Å²) in [6.07, 6.45) is 2.81. The predicted molar refractivity (Wildman–Crippen MR) is 77.9 cm³/mol. The first-order valence-electron chi connectivity index (χ1n) is 7.12. The quantitative estimate of drug-likeness (QED) is 0.863. The number of aryl methyl sites for hydroxylation is 2. The Morgan fingerprint density at radius 3 is 2.80 bits per heavy atom. The first-order chi connectivity index (χ1) is 9.38. The maximum absolute atomic E-state index is 11.8. The van der Waals surface area contributed by atoms with Crippen LogP contribution in [0.2, 0.25) is 0 Å². The number of ether oxygens (including phenoxy) is 1. The summed E-state index contributed by atoms with van der Waals surface area (Å²) in [7, 11) is 0. The van der Waals surface area contributed by atoms with Gasteiger partial charge in [-0.1, -0.05) is 6.07 Å². The molecule has 1 aliphatic rings. The fourth-order valence-electron chi connectivity index (χ4n) is 2.29. The molecular formula is C16H23NO3. The molecule has 0 saturated carbocycles. The second kappa shape index (κ2) is 5.83. The van der Waals surface area contributed by atoms with Crippen LogP contribution >= 0.6 is 0 Å². The molecule has 0 aliphatic heterocycles. The molecule has 0 bridgehead atoms. The molecule has 2 rings (SSSR count). The van der Waals surface area contributed by atoms with Crippen LogP contribution in [0.5, 0.6) is 5.75 Å². The zero-order chi connectivity index (χ0) is 14.8. The molecule has 1 aromatic carbocycles. The standard InChI is InChI=1S/C16H23NO3/c1-11(18)16(2,3)17-15(19)10-20-14-8-7-12-5-4-6-13(12)9-14/h7-9,11,18H,4-6,10H2,1-3H3,(H,17,19). The summed E-state index contributed by atoms with van der Waals surface area (Å²) in [6.45, 7) is 5.19. The molecule has 2 N–H and O–H groups in total. The minimum Gasteiger partial charge on any atom is -0.484 e. The summed E-state index contributed by atoms with van der Waals surface area (Å²) in [5.74, 6) is 0.507. The van der Waals surface area contributed by atoms with E-state index in [1.165, 1.54) is 17.5 Å². The predicted octanol–water partition coefficient (Wildman–Crippen LogP) is 1.83. The highest BCUT2D eigenvalue weighted by molar-refractivity contribution is 5.78. The number of aliphatic hydroxyl groups excluding tert-OH is 1. The molecular weight excluding hydrogens is 254 g/mol. The summed E-state index contributed by atoms with van der Waals surface area (Å²) in [4.78, 5) is 11.8. The number of amides is 1. The zero-order valence-corrected chi connectivity index (χ0v) is 12.4. The first kappa shape index (κ1) is 14.9. The van der Waals surface area contributed by atoms with Crippen molar-refractivity contribution in [3.63, 3.8) is 0 Å². The van der Waals surface area contributed by atoms with Crippen LogP contribution < -0.4 is 10.1 Å². The zero-order valence-electron chi connectivity index (χ0n) is 12.4. The number of carbonyl (C=O) groups excluding carboxylic acids is 1. The van der Waals surface area contributed by atoms with Gasteiger partial charge in [0.1, 0.15) is 5.75 Å². The van der Waals surface area contributed by atoms with Crippen molar-refractivity contribution in [3.8, 4) is 5.75 Å². The molecule has 1 atom stereocenters. The highest BCUT2D eigenvalue weighted by Gasteiger charge is 2.26. The third kappa shape index (κ3) is 3.51. The Morgan fingerprint density at radius 1 is 1.40 bits per heavy atom. The smallest absolute Gasteiger partial charge is 0.258 e. The van der Waals surface area contributed by atoms with Gasteiger partial charge >= 0.3 is 0 Å². The Morgan fingerprint density at radius 2 is 2.10 bits per heavy atom. The van der Waals surface area contributed by atoms with E-state index in [2.05, 4.69) is 11.4 Å². The molecule has 0 heterocycles. The van der Waals surface area contributed by atoms with Crippen molar-refractivity contribution >= 4 is 5.91 Å². The average Bonchev–Trinajstić information content (AvgIpc) is 2.82. The molecule has 4 heteroatoms. The lowest BCUT2D eigenvalue weighted by molar-refractivity contribution is -0.126. The second-order valence-corrected chi connectivity index (χ2v) is 6.02. The van der Waals surface area contributed by atoms with Crippen molar-refractivity contribution in [2.45, 2.75) is 51.7 Å². The number of fused-ring (bicyclic) bond motifs is 1. The van der Waals surface area contributed by atoms with Gasteiger partial charge in [-0.2, -0.15) is 0 Å². The molecule has 0 spiro atoms. The maximum atomic E-state index is 11.8. The van der Waals surface area contributed by atoms with Gasteiger partial charge in [0.2, 0.25) is 0 Å². The minimum absolute atomic E-state index is 0.0328. The number of aliphatic hydroxyl groups is 1. The fourth-order valence-corrected chi connectivity index (χ4v) is 2.29. The molecule has 110 valence electrons. The van der Waals surface area contributed by atoms with Gasteiger partial charge < -0.3 is 15.2 Å². The van der Waals surface area contributed by atoms with E-state index in [0.29, 0.717) is 0 Å². The normalized spacial score (nSPS) is 15.6. The van der Waals surface area contributed by atoms with Gasteiger partial charge in [0.25, 0.3) is 5.91 Å². The van der Waals surface area contributed by atoms with Crippen LogP contribution in [0.4, 0.5) is 0 Å². The molecule has 20 heavy (non-hydrogen) atoms. The highest BCUT2D eigenvalue weighted by atomic mass is 16.5. The Kier molecular flexibility index (Phi) is 4.33. The maximum Gasteiger partial charge on any atom is 0.258 e. The van der Waals surface area contributed by atoms with Gasteiger partial charge in [0.05, 0.1) is 11.6 Å². The Bertz CT molecular complexity index is 494. The molecule has 1 amide bonds. The summed E-state index contributed by atoms with van der Waals surface area (Å²) in [5, 5.41) is 12.3. The van der Waals surface area contributed by atoms with Crippen LogP contribution in [-0.4, -0.2) is 29.3 Å². The topological polar surface area (TPSA) is 58.6 Å². The molecule has 1 aliphatic carbocycles. The van der Waals surface area contributed by atoms with E-state index in [0.717, 1.165) is 18.6 Å². The molecule has 0 radical (unpaired) electrons. The van der Waals surface area contributed by atoms with Crippen LogP contribution in [0.25, 0.3) is 0 Å². The number of rotatable bonds is 5. The van der Waals surface area contributed by atoms with E-state index >= 15 is 0 Å². The van der Waals surface area contributed by atoms with Crippen molar-refractivity contribution in [3.05, 3.63) is 29.3 Å². The minimum atomic E-state index is -0.654. The summed E-state index contributed by atoms with van der Waals surface area (Å²) < 4.78 is 5.53. The van der Waals surface area contributed by atoms with Crippen LogP contribution in [0.3, 0.4) is 0 Å². The van der Waals surface area contributed by atoms with Crippen molar-refractivity contribution in [2.75, 3.05) is 6.61 Å². The third-order valence-corrected chi connectivity index (χ3v) is 3.95. The largest absolute Gasteiger partial charge is 0.484 e. The van der Waals surface area contributed by atoms with Crippen molar-refractivity contribution in [2.24, 2.45) is 0 Å². The van der Waals surface area contributed by atoms with E-state index in [9.17, 15) is 9.90 Å². The van der Waals surface area contributed by atoms with Gasteiger partial charge in [-0.05, 0) is 63.3 Å². The fraction of sp³-hybridized carbons (Fsp3) is 0.562. The highest BCUT2D eigenvalue weighted by Crippen LogP contribution is 2.25. The molecule has 0 aromatic heterocycles. The van der Waals surface area contributed by atoms with Crippen molar-refractivity contribution in [1.29, 1.82) is 0 Å². The third-order valence-electron chi connectivity index (χ3n) is 3.95. The SMILES string of the molecule is CC(O)C(C)(C)NC(=O)COc1ccc2c(c1)CCC2. The van der Waals surface area contributed by atoms with Gasteiger partial charge in [-0.3, -0.25) is 4.79 Å². The number of carbonyl (C=O) groups is 1. The molecule has 0 saturated heterocycles.